The number of anilines is 1. The fraction of sp³-hybridized carbons (Fsp3) is 0.480. The predicted octanol–water partition coefficient (Wildman–Crippen LogP) is 4.44. The van der Waals surface area contributed by atoms with Gasteiger partial charge in [-0.2, -0.15) is 13.2 Å². The summed E-state index contributed by atoms with van der Waals surface area (Å²) in [4.78, 5) is 21.5. The fourth-order valence-electron chi connectivity index (χ4n) is 4.63. The largest absolute Gasteiger partial charge is 0.393 e. The maximum absolute atomic E-state index is 12.8. The normalized spacial score (nSPS) is 20.8. The minimum atomic E-state index is -4.25. The summed E-state index contributed by atoms with van der Waals surface area (Å²) in [7, 11) is 0. The summed E-state index contributed by atoms with van der Waals surface area (Å²) in [5.74, 6) is 0.511. The number of fused-ring (bicyclic) bond motifs is 1. The van der Waals surface area contributed by atoms with Gasteiger partial charge in [-0.05, 0) is 49.4 Å². The van der Waals surface area contributed by atoms with E-state index < -0.39 is 12.6 Å². The number of nitrogens with one attached hydrogen (secondary N) is 3. The van der Waals surface area contributed by atoms with Crippen LogP contribution in [-0.2, 0) is 17.7 Å². The molecule has 1 saturated heterocycles. The highest BCUT2D eigenvalue weighted by molar-refractivity contribution is 7.18. The van der Waals surface area contributed by atoms with Gasteiger partial charge in [0.25, 0.3) is 5.91 Å². The number of carbonyl (C=O) groups is 1. The molecule has 2 aliphatic rings. The van der Waals surface area contributed by atoms with Gasteiger partial charge in [-0.3, -0.25) is 4.79 Å². The molecular formula is C25H28F3N5O2S. The van der Waals surface area contributed by atoms with E-state index in [9.17, 15) is 18.0 Å². The van der Waals surface area contributed by atoms with Crippen LogP contribution in [-0.4, -0.2) is 53.4 Å². The van der Waals surface area contributed by atoms with Crippen molar-refractivity contribution >= 4 is 33.3 Å². The van der Waals surface area contributed by atoms with Gasteiger partial charge in [0.15, 0.2) is 0 Å². The molecule has 2 fully saturated rings. The van der Waals surface area contributed by atoms with Gasteiger partial charge in [0.1, 0.15) is 17.0 Å². The Labute approximate surface area is 210 Å². The molecule has 0 radical (unpaired) electrons. The van der Waals surface area contributed by atoms with Gasteiger partial charge < -0.3 is 20.7 Å². The maximum atomic E-state index is 12.8. The molecule has 1 aliphatic heterocycles. The van der Waals surface area contributed by atoms with Crippen molar-refractivity contribution in [1.29, 1.82) is 0 Å². The number of benzene rings is 1. The molecule has 3 N–H and O–H groups in total. The standard InChI is InChI=1S/C25H28F3N5O2S/c26-25(27,28)10-20-9-21-22(30-14-31-24(21)36-20)32-18-3-1-2-17(8-18)29-11-15-4-6-16(7-5-15)23(34)33-19-12-35-13-19/h4-7,9,14,17-19,29H,1-3,8,10-13H2,(H,33,34)(H,30,31,32). The highest BCUT2D eigenvalue weighted by atomic mass is 32.1. The Hall–Kier alpha value is -2.76. The average molecular weight is 520 g/mol. The van der Waals surface area contributed by atoms with Crippen molar-refractivity contribution in [1.82, 2.24) is 20.6 Å². The lowest BCUT2D eigenvalue weighted by Crippen LogP contribution is -2.48. The summed E-state index contributed by atoms with van der Waals surface area (Å²) >= 11 is 1.06. The molecule has 1 amide bonds. The summed E-state index contributed by atoms with van der Waals surface area (Å²) in [6.45, 7) is 1.83. The molecule has 192 valence electrons. The quantitative estimate of drug-likeness (QED) is 0.408. The second kappa shape index (κ2) is 10.7. The molecular weight excluding hydrogens is 491 g/mol. The van der Waals surface area contributed by atoms with Gasteiger partial charge in [-0.1, -0.05) is 12.1 Å². The van der Waals surface area contributed by atoms with E-state index in [1.807, 2.05) is 24.3 Å². The van der Waals surface area contributed by atoms with Crippen molar-refractivity contribution in [2.24, 2.45) is 0 Å². The molecule has 1 aliphatic carbocycles. The minimum absolute atomic E-state index is 0.0843. The van der Waals surface area contributed by atoms with Crippen molar-refractivity contribution in [3.8, 4) is 0 Å². The lowest BCUT2D eigenvalue weighted by Gasteiger charge is -2.31. The third kappa shape index (κ3) is 6.32. The van der Waals surface area contributed by atoms with Crippen LogP contribution < -0.4 is 16.0 Å². The zero-order chi connectivity index (χ0) is 25.1. The van der Waals surface area contributed by atoms with Crippen LogP contribution in [0.4, 0.5) is 19.0 Å². The molecule has 1 saturated carbocycles. The molecule has 0 bridgehead atoms. The number of nitrogens with zero attached hydrogens (tertiary/aromatic N) is 2. The monoisotopic (exact) mass is 519 g/mol. The van der Waals surface area contributed by atoms with Crippen LogP contribution in [0.15, 0.2) is 36.7 Å². The van der Waals surface area contributed by atoms with Crippen molar-refractivity contribution in [3.05, 3.63) is 52.7 Å². The Morgan fingerprint density at radius 3 is 2.58 bits per heavy atom. The molecule has 1 aromatic carbocycles. The van der Waals surface area contributed by atoms with Crippen molar-refractivity contribution in [2.75, 3.05) is 18.5 Å². The second-order valence-corrected chi connectivity index (χ2v) is 10.6. The molecule has 2 aromatic heterocycles. The number of hydrogen-bond acceptors (Lipinski definition) is 7. The molecule has 2 unspecified atom stereocenters. The molecule has 36 heavy (non-hydrogen) atoms. The average Bonchev–Trinajstić information content (AvgIpc) is 3.22. The lowest BCUT2D eigenvalue weighted by atomic mass is 9.90. The number of rotatable bonds is 8. The second-order valence-electron chi connectivity index (χ2n) is 9.44. The highest BCUT2D eigenvalue weighted by Gasteiger charge is 2.29. The van der Waals surface area contributed by atoms with E-state index in [4.69, 9.17) is 4.74 Å². The van der Waals surface area contributed by atoms with Gasteiger partial charge >= 0.3 is 6.18 Å². The van der Waals surface area contributed by atoms with E-state index >= 15 is 0 Å². The highest BCUT2D eigenvalue weighted by Crippen LogP contribution is 2.33. The Kier molecular flexibility index (Phi) is 7.40. The SMILES string of the molecule is O=C(NC1COC1)c1ccc(CNC2CCCC(Nc3ncnc4sc(CC(F)(F)F)cc34)C2)cc1. The summed E-state index contributed by atoms with van der Waals surface area (Å²) in [5, 5.41) is 10.6. The first-order valence-electron chi connectivity index (χ1n) is 12.1. The van der Waals surface area contributed by atoms with Gasteiger partial charge in [0, 0.05) is 29.1 Å². The van der Waals surface area contributed by atoms with E-state index in [1.54, 1.807) is 6.07 Å². The van der Waals surface area contributed by atoms with Crippen LogP contribution >= 0.6 is 11.3 Å². The number of carbonyl (C=O) groups excluding carboxylic acids is 1. The van der Waals surface area contributed by atoms with Crippen molar-refractivity contribution in [3.63, 3.8) is 0 Å². The first-order valence-corrected chi connectivity index (χ1v) is 12.9. The molecule has 5 rings (SSSR count). The Bertz CT molecular complexity index is 1200. The van der Waals surface area contributed by atoms with Crippen LogP contribution in [0.5, 0.6) is 0 Å². The number of amides is 1. The smallest absolute Gasteiger partial charge is 0.377 e. The molecule has 3 aromatic rings. The maximum Gasteiger partial charge on any atom is 0.393 e. The number of thiophene rings is 1. The molecule has 3 heterocycles. The van der Waals surface area contributed by atoms with Gasteiger partial charge in [0.2, 0.25) is 0 Å². The van der Waals surface area contributed by atoms with Crippen LogP contribution in [0.25, 0.3) is 10.2 Å². The molecule has 0 spiro atoms. The molecule has 11 heteroatoms. The molecule has 7 nitrogen and oxygen atoms in total. The number of aromatic nitrogens is 2. The van der Waals surface area contributed by atoms with E-state index in [0.29, 0.717) is 47.4 Å². The van der Waals surface area contributed by atoms with E-state index in [1.165, 1.54) is 6.33 Å². The lowest BCUT2D eigenvalue weighted by molar-refractivity contribution is -0.126. The zero-order valence-electron chi connectivity index (χ0n) is 19.6. The van der Waals surface area contributed by atoms with Crippen LogP contribution in [0, 0.1) is 0 Å². The first-order chi connectivity index (χ1) is 17.3. The summed E-state index contributed by atoms with van der Waals surface area (Å²) in [5.41, 5.74) is 1.73. The third-order valence-corrected chi connectivity index (χ3v) is 7.60. The topological polar surface area (TPSA) is 88.2 Å². The fourth-order valence-corrected chi connectivity index (χ4v) is 5.66. The van der Waals surface area contributed by atoms with Gasteiger partial charge in [-0.15, -0.1) is 11.3 Å². The minimum Gasteiger partial charge on any atom is -0.377 e. The van der Waals surface area contributed by atoms with Crippen molar-refractivity contribution < 1.29 is 22.7 Å². The first kappa shape index (κ1) is 24.9. The number of hydrogen-bond donors (Lipinski definition) is 3. The molecule has 2 atom stereocenters. The van der Waals surface area contributed by atoms with Crippen LogP contribution in [0.1, 0.15) is 46.5 Å². The Morgan fingerprint density at radius 1 is 1.08 bits per heavy atom. The summed E-state index contributed by atoms with van der Waals surface area (Å²) in [6.07, 6.45) is 0.146. The predicted molar refractivity (Wildman–Crippen MR) is 132 cm³/mol. The summed E-state index contributed by atoms with van der Waals surface area (Å²) in [6, 6.07) is 9.73. The van der Waals surface area contributed by atoms with Gasteiger partial charge in [-0.25, -0.2) is 9.97 Å². The Balaban J connectivity index is 1.15. The zero-order valence-corrected chi connectivity index (χ0v) is 20.4. The van der Waals surface area contributed by atoms with Crippen LogP contribution in [0.2, 0.25) is 0 Å². The van der Waals surface area contributed by atoms with Gasteiger partial charge in [0.05, 0.1) is 31.1 Å². The summed E-state index contributed by atoms with van der Waals surface area (Å²) < 4.78 is 43.6. The number of alkyl halides is 3. The Morgan fingerprint density at radius 2 is 1.86 bits per heavy atom. The van der Waals surface area contributed by atoms with E-state index in [-0.39, 0.29) is 22.9 Å². The van der Waals surface area contributed by atoms with Crippen molar-refractivity contribution in [2.45, 2.75) is 63.0 Å². The third-order valence-electron chi connectivity index (χ3n) is 6.55. The van der Waals surface area contributed by atoms with E-state index in [0.717, 1.165) is 42.6 Å². The van der Waals surface area contributed by atoms with E-state index in [2.05, 4.69) is 25.9 Å². The van der Waals surface area contributed by atoms with Crippen LogP contribution in [0.3, 0.4) is 0 Å². The number of ether oxygens (including phenoxy) is 1. The number of halogens is 3.